The number of rotatable bonds is 3. The van der Waals surface area contributed by atoms with Crippen LogP contribution >= 0.6 is 27.5 Å². The van der Waals surface area contributed by atoms with E-state index >= 15 is 0 Å². The molecule has 0 spiro atoms. The van der Waals surface area contributed by atoms with E-state index in [-0.39, 0.29) is 5.56 Å². The molecule has 0 N–H and O–H groups in total. The topological polar surface area (TPSA) is 73.5 Å². The second kappa shape index (κ2) is 7.39. The highest BCUT2D eigenvalue weighted by Crippen LogP contribution is 2.22. The lowest BCUT2D eigenvalue weighted by Gasteiger charge is -2.07. The second-order valence-corrected chi connectivity index (χ2v) is 6.81. The van der Waals surface area contributed by atoms with E-state index in [1.807, 2.05) is 6.07 Å². The Balaban J connectivity index is 2.11. The summed E-state index contributed by atoms with van der Waals surface area (Å²) in [5.74, 6) is 0.262. The summed E-state index contributed by atoms with van der Waals surface area (Å²) in [5, 5.41) is 5.11. The molecule has 0 aliphatic carbocycles. The molecule has 132 valence electrons. The fourth-order valence-electron chi connectivity index (χ4n) is 2.38. The Bertz CT molecular complexity index is 1110. The summed E-state index contributed by atoms with van der Waals surface area (Å²) in [5.41, 5.74) is 0.750. The van der Waals surface area contributed by atoms with Crippen molar-refractivity contribution in [2.24, 2.45) is 5.10 Å². The van der Waals surface area contributed by atoms with E-state index in [4.69, 9.17) is 16.3 Å². The van der Waals surface area contributed by atoms with Gasteiger partial charge in [-0.15, -0.1) is 0 Å². The highest BCUT2D eigenvalue weighted by molar-refractivity contribution is 9.10. The molecule has 0 atom stereocenters. The summed E-state index contributed by atoms with van der Waals surface area (Å²) in [4.78, 5) is 28.4. The summed E-state index contributed by atoms with van der Waals surface area (Å²) in [6.45, 7) is 2.99. The van der Waals surface area contributed by atoms with E-state index < -0.39 is 5.97 Å². The fraction of sp³-hybridized carbons (Fsp3) is 0.111. The van der Waals surface area contributed by atoms with Crippen molar-refractivity contribution < 1.29 is 9.53 Å². The zero-order valence-electron chi connectivity index (χ0n) is 13.9. The molecule has 0 radical (unpaired) electrons. The molecule has 0 aliphatic heterocycles. The van der Waals surface area contributed by atoms with Gasteiger partial charge in [0.1, 0.15) is 11.6 Å². The van der Waals surface area contributed by atoms with E-state index in [0.717, 1.165) is 4.47 Å². The molecule has 2 aromatic carbocycles. The molecule has 0 fully saturated rings. The summed E-state index contributed by atoms with van der Waals surface area (Å²) in [6, 6.07) is 10.0. The highest BCUT2D eigenvalue weighted by Gasteiger charge is 2.09. The average molecular weight is 435 g/mol. The van der Waals surface area contributed by atoms with Crippen LogP contribution in [0.1, 0.15) is 18.3 Å². The number of carbonyl (C=O) groups is 1. The maximum Gasteiger partial charge on any atom is 0.308 e. The Hall–Kier alpha value is -2.51. The van der Waals surface area contributed by atoms with Gasteiger partial charge in [-0.05, 0) is 43.3 Å². The Labute approximate surface area is 162 Å². The first-order valence-electron chi connectivity index (χ1n) is 7.56. The van der Waals surface area contributed by atoms with Gasteiger partial charge in [-0.1, -0.05) is 27.5 Å². The number of hydrogen-bond donors (Lipinski definition) is 0. The molecule has 0 bridgehead atoms. The number of nitrogens with zero attached hydrogens (tertiary/aromatic N) is 3. The Morgan fingerprint density at radius 2 is 2.08 bits per heavy atom. The number of fused-ring (bicyclic) bond motifs is 1. The summed E-state index contributed by atoms with van der Waals surface area (Å²) in [6.07, 6.45) is 1.41. The number of benzene rings is 2. The maximum atomic E-state index is 12.7. The van der Waals surface area contributed by atoms with Crippen molar-refractivity contribution in [1.82, 2.24) is 9.66 Å². The molecule has 26 heavy (non-hydrogen) atoms. The van der Waals surface area contributed by atoms with Crippen molar-refractivity contribution in [2.45, 2.75) is 13.8 Å². The number of aryl methyl sites for hydroxylation is 1. The first-order chi connectivity index (χ1) is 12.3. The van der Waals surface area contributed by atoms with Crippen molar-refractivity contribution in [3.8, 4) is 5.75 Å². The van der Waals surface area contributed by atoms with E-state index in [0.29, 0.717) is 33.1 Å². The second-order valence-electron chi connectivity index (χ2n) is 5.46. The highest BCUT2D eigenvalue weighted by atomic mass is 79.9. The molecule has 3 aromatic rings. The van der Waals surface area contributed by atoms with Gasteiger partial charge < -0.3 is 4.74 Å². The van der Waals surface area contributed by atoms with Crippen LogP contribution in [0.3, 0.4) is 0 Å². The smallest absolute Gasteiger partial charge is 0.308 e. The van der Waals surface area contributed by atoms with Crippen LogP contribution in [0, 0.1) is 6.92 Å². The summed E-state index contributed by atoms with van der Waals surface area (Å²) < 4.78 is 7.10. The normalized spacial score (nSPS) is 11.2. The van der Waals surface area contributed by atoms with E-state index in [1.54, 1.807) is 37.3 Å². The van der Waals surface area contributed by atoms with Crippen LogP contribution in [0.25, 0.3) is 10.9 Å². The van der Waals surface area contributed by atoms with Gasteiger partial charge in [-0.2, -0.15) is 9.78 Å². The Kier molecular flexibility index (Phi) is 5.20. The molecule has 0 unspecified atom stereocenters. The molecule has 0 aliphatic rings. The molecule has 3 rings (SSSR count). The minimum atomic E-state index is -0.465. The summed E-state index contributed by atoms with van der Waals surface area (Å²) >= 11 is 9.35. The zero-order valence-corrected chi connectivity index (χ0v) is 16.2. The predicted molar refractivity (Wildman–Crippen MR) is 104 cm³/mol. The Morgan fingerprint density at radius 1 is 1.31 bits per heavy atom. The molecular formula is C18H13BrClN3O3. The number of ether oxygens (including phenoxy) is 1. The van der Waals surface area contributed by atoms with Gasteiger partial charge in [0.25, 0.3) is 5.56 Å². The predicted octanol–water partition coefficient (Wildman–Crippen LogP) is 3.93. The van der Waals surface area contributed by atoms with Crippen molar-refractivity contribution in [3.05, 3.63) is 67.6 Å². The third kappa shape index (κ3) is 3.84. The minimum Gasteiger partial charge on any atom is -0.426 e. The van der Waals surface area contributed by atoms with Crippen LogP contribution in [0.15, 0.2) is 50.8 Å². The van der Waals surface area contributed by atoms with Gasteiger partial charge in [0.15, 0.2) is 0 Å². The van der Waals surface area contributed by atoms with Crippen LogP contribution in [-0.2, 0) is 4.79 Å². The molecule has 8 heteroatoms. The molecule has 0 saturated carbocycles. The van der Waals surface area contributed by atoms with Crippen LogP contribution in [-0.4, -0.2) is 21.8 Å². The first kappa shape index (κ1) is 18.3. The van der Waals surface area contributed by atoms with Crippen LogP contribution < -0.4 is 10.3 Å². The quantitative estimate of drug-likeness (QED) is 0.356. The third-order valence-corrected chi connectivity index (χ3v) is 4.24. The number of aromatic nitrogens is 2. The number of carbonyl (C=O) groups excluding carboxylic acids is 1. The lowest BCUT2D eigenvalue weighted by atomic mass is 10.2. The minimum absolute atomic E-state index is 0.299. The van der Waals surface area contributed by atoms with Crippen molar-refractivity contribution in [2.75, 3.05) is 0 Å². The first-order valence-corrected chi connectivity index (χ1v) is 8.73. The molecular weight excluding hydrogens is 422 g/mol. The van der Waals surface area contributed by atoms with Crippen LogP contribution in [0.5, 0.6) is 5.75 Å². The van der Waals surface area contributed by atoms with Gasteiger partial charge in [-0.25, -0.2) is 4.98 Å². The van der Waals surface area contributed by atoms with Crippen molar-refractivity contribution in [3.63, 3.8) is 0 Å². The van der Waals surface area contributed by atoms with Crippen molar-refractivity contribution in [1.29, 1.82) is 0 Å². The standard InChI is InChI=1S/C18H13BrClN3O3/c1-10-22-16-5-3-13(19)8-15(16)18(25)23(10)21-9-12-7-14(20)4-6-17(12)26-11(2)24/h3-9H,1-2H3. The van der Waals surface area contributed by atoms with E-state index in [1.165, 1.54) is 17.8 Å². The monoisotopic (exact) mass is 433 g/mol. The molecule has 1 heterocycles. The molecule has 1 aromatic heterocycles. The van der Waals surface area contributed by atoms with Gasteiger partial charge >= 0.3 is 5.97 Å². The maximum absolute atomic E-state index is 12.7. The van der Waals surface area contributed by atoms with Gasteiger partial charge in [0.2, 0.25) is 0 Å². The number of esters is 1. The van der Waals surface area contributed by atoms with Gasteiger partial charge in [0, 0.05) is 22.0 Å². The van der Waals surface area contributed by atoms with Gasteiger partial charge in [-0.3, -0.25) is 9.59 Å². The van der Waals surface area contributed by atoms with E-state index in [9.17, 15) is 9.59 Å². The van der Waals surface area contributed by atoms with Gasteiger partial charge in [0.05, 0.1) is 17.1 Å². The van der Waals surface area contributed by atoms with Crippen LogP contribution in [0.2, 0.25) is 5.02 Å². The molecule has 0 amide bonds. The largest absolute Gasteiger partial charge is 0.426 e. The fourth-order valence-corrected chi connectivity index (χ4v) is 2.93. The number of halogens is 2. The van der Waals surface area contributed by atoms with E-state index in [2.05, 4.69) is 26.0 Å². The third-order valence-electron chi connectivity index (χ3n) is 3.51. The lowest BCUT2D eigenvalue weighted by molar-refractivity contribution is -0.131. The SMILES string of the molecule is CC(=O)Oc1ccc(Cl)cc1C=Nn1c(C)nc2ccc(Br)cc2c1=O. The molecule has 0 saturated heterocycles. The van der Waals surface area contributed by atoms with Crippen molar-refractivity contribution >= 4 is 50.6 Å². The average Bonchev–Trinajstić information content (AvgIpc) is 2.57. The Morgan fingerprint density at radius 3 is 2.81 bits per heavy atom. The number of hydrogen-bond acceptors (Lipinski definition) is 5. The molecule has 6 nitrogen and oxygen atoms in total. The zero-order chi connectivity index (χ0) is 18.8. The summed E-state index contributed by atoms with van der Waals surface area (Å²) in [7, 11) is 0. The van der Waals surface area contributed by atoms with Crippen LogP contribution in [0.4, 0.5) is 0 Å². The lowest BCUT2D eigenvalue weighted by Crippen LogP contribution is -2.20.